The average molecular weight is 430 g/mol. The highest BCUT2D eigenvalue weighted by atomic mass is 35.5. The molecule has 3 heterocycles. The first-order valence-electron chi connectivity index (χ1n) is 10.4. The van der Waals surface area contributed by atoms with E-state index >= 15 is 0 Å². The molecule has 0 spiro atoms. The largest absolute Gasteiger partial charge is 0.378 e. The number of likely N-dealkylation sites (tertiary alicyclic amines) is 1. The molecule has 4 nitrogen and oxygen atoms in total. The van der Waals surface area contributed by atoms with Crippen LogP contribution in [0.2, 0.25) is 5.02 Å². The third kappa shape index (κ3) is 4.41. The van der Waals surface area contributed by atoms with Crippen molar-refractivity contribution in [3.8, 4) is 0 Å². The summed E-state index contributed by atoms with van der Waals surface area (Å²) in [7, 11) is 0. The van der Waals surface area contributed by atoms with Gasteiger partial charge in [0.2, 0.25) is 5.04 Å². The number of pyridine rings is 1. The van der Waals surface area contributed by atoms with Gasteiger partial charge in [-0.15, -0.1) is 0 Å². The van der Waals surface area contributed by atoms with E-state index in [0.29, 0.717) is 0 Å². The number of hydrogen-bond donors (Lipinski definition) is 1. The number of halogens is 1. The molecule has 0 amide bonds. The summed E-state index contributed by atoms with van der Waals surface area (Å²) in [4.78, 5) is 7.03. The monoisotopic (exact) mass is 429 g/mol. The second-order valence-electron chi connectivity index (χ2n) is 8.46. The lowest BCUT2D eigenvalue weighted by molar-refractivity contribution is -0.597. The normalized spacial score (nSPS) is 19.0. The minimum absolute atomic E-state index is 0.112. The highest BCUT2D eigenvalue weighted by molar-refractivity contribution is 8.13. The lowest BCUT2D eigenvalue weighted by Gasteiger charge is -2.33. The van der Waals surface area contributed by atoms with Crippen LogP contribution >= 0.6 is 23.4 Å². The molecule has 0 aliphatic carbocycles. The number of fused-ring (bicyclic) bond motifs is 1. The van der Waals surface area contributed by atoms with E-state index in [1.165, 1.54) is 36.7 Å². The maximum atomic E-state index is 6.12. The Morgan fingerprint density at radius 1 is 1.24 bits per heavy atom. The fourth-order valence-corrected chi connectivity index (χ4v) is 5.45. The Balaban J connectivity index is 1.52. The number of aromatic nitrogens is 1. The van der Waals surface area contributed by atoms with Crippen LogP contribution in [0.5, 0.6) is 0 Å². The van der Waals surface area contributed by atoms with E-state index in [1.54, 1.807) is 0 Å². The minimum Gasteiger partial charge on any atom is -0.378 e. The highest BCUT2D eigenvalue weighted by Crippen LogP contribution is 2.31. The summed E-state index contributed by atoms with van der Waals surface area (Å²) >= 11 is 7.97. The summed E-state index contributed by atoms with van der Waals surface area (Å²) in [6.07, 6.45) is 10.2. The smallest absolute Gasteiger partial charge is 0.236 e. The maximum Gasteiger partial charge on any atom is 0.236 e. The van der Waals surface area contributed by atoms with Crippen LogP contribution in [-0.4, -0.2) is 57.5 Å². The Kier molecular flexibility index (Phi) is 6.07. The summed E-state index contributed by atoms with van der Waals surface area (Å²) in [5.74, 6) is 0. The third-order valence-corrected chi connectivity index (χ3v) is 6.97. The first-order chi connectivity index (χ1) is 14.0. The molecule has 0 atom stereocenters. The number of anilines is 1. The molecular formula is C23H30ClN4S+. The van der Waals surface area contributed by atoms with Gasteiger partial charge >= 0.3 is 0 Å². The number of rotatable bonds is 5. The zero-order valence-corrected chi connectivity index (χ0v) is 19.1. The molecule has 0 saturated carbocycles. The molecule has 6 heteroatoms. The fraction of sp³-hybridized carbons (Fsp3) is 0.478. The van der Waals surface area contributed by atoms with Crippen molar-refractivity contribution in [2.45, 2.75) is 38.6 Å². The van der Waals surface area contributed by atoms with Crippen LogP contribution in [0.15, 0.2) is 42.2 Å². The lowest BCUT2D eigenvalue weighted by Crippen LogP contribution is -2.46. The predicted octanol–water partition coefficient (Wildman–Crippen LogP) is 5.24. The van der Waals surface area contributed by atoms with Crippen LogP contribution in [0.1, 0.15) is 33.1 Å². The minimum atomic E-state index is 0.112. The van der Waals surface area contributed by atoms with Crippen molar-refractivity contribution in [3.63, 3.8) is 0 Å². The van der Waals surface area contributed by atoms with Crippen LogP contribution in [0.3, 0.4) is 0 Å². The van der Waals surface area contributed by atoms with Crippen LogP contribution in [0.4, 0.5) is 5.69 Å². The van der Waals surface area contributed by atoms with Gasteiger partial charge in [-0.2, -0.15) is 0 Å². The van der Waals surface area contributed by atoms with Crippen LogP contribution < -0.4 is 5.32 Å². The molecule has 0 radical (unpaired) electrons. The Morgan fingerprint density at radius 2 is 2.03 bits per heavy atom. The van der Waals surface area contributed by atoms with E-state index in [0.717, 1.165) is 41.1 Å². The lowest BCUT2D eigenvalue weighted by atomic mass is 9.94. The van der Waals surface area contributed by atoms with Gasteiger partial charge in [0, 0.05) is 61.0 Å². The van der Waals surface area contributed by atoms with E-state index in [-0.39, 0.29) is 5.54 Å². The Labute approximate surface area is 183 Å². The van der Waals surface area contributed by atoms with Crippen molar-refractivity contribution >= 4 is 45.0 Å². The van der Waals surface area contributed by atoms with Crippen LogP contribution in [0.25, 0.3) is 10.9 Å². The van der Waals surface area contributed by atoms with E-state index in [2.05, 4.69) is 46.0 Å². The first-order valence-corrected chi connectivity index (χ1v) is 12.0. The van der Waals surface area contributed by atoms with Gasteiger partial charge in [0.05, 0.1) is 18.5 Å². The molecule has 154 valence electrons. The summed E-state index contributed by atoms with van der Waals surface area (Å²) in [6, 6.07) is 7.93. The predicted molar refractivity (Wildman–Crippen MR) is 126 cm³/mol. The van der Waals surface area contributed by atoms with Crippen molar-refractivity contribution in [2.24, 2.45) is 0 Å². The summed E-state index contributed by atoms with van der Waals surface area (Å²) < 4.78 is 2.56. The van der Waals surface area contributed by atoms with E-state index in [9.17, 15) is 0 Å². The zero-order chi connectivity index (χ0) is 20.4. The molecule has 0 bridgehead atoms. The van der Waals surface area contributed by atoms with E-state index < -0.39 is 0 Å². The van der Waals surface area contributed by atoms with Gasteiger partial charge in [0.25, 0.3) is 0 Å². The molecule has 0 unspecified atom stereocenters. The molecule has 4 rings (SSSR count). The zero-order valence-electron chi connectivity index (χ0n) is 17.5. The van der Waals surface area contributed by atoms with Gasteiger partial charge in [-0.1, -0.05) is 23.4 Å². The topological polar surface area (TPSA) is 31.2 Å². The number of hydrogen-bond acceptors (Lipinski definition) is 4. The molecular weight excluding hydrogens is 400 g/mol. The van der Waals surface area contributed by atoms with Gasteiger partial charge in [0.15, 0.2) is 12.1 Å². The number of nitrogens with one attached hydrogen (secondary N) is 1. The van der Waals surface area contributed by atoms with Gasteiger partial charge in [-0.25, -0.2) is 4.58 Å². The third-order valence-electron chi connectivity index (χ3n) is 5.98. The average Bonchev–Trinajstić information content (AvgIpc) is 3.23. The number of benzene rings is 1. The molecule has 1 saturated heterocycles. The standard InChI is InChI=1S/C23H30ClN4S/c1-23(2)16-18(27-11-4-5-12-27)15-22(29-3)28(23)13-10-26-20-8-9-25-21-14-17(24)6-7-19(20)21/h6-9,14-15H,4-5,10-13,16H2,1-3H3,(H,25,26)/q+1. The van der Waals surface area contributed by atoms with E-state index in [1.807, 2.05) is 42.2 Å². The number of nitrogens with zero attached hydrogens (tertiary/aromatic N) is 3. The highest BCUT2D eigenvalue weighted by Gasteiger charge is 2.39. The molecule has 2 aromatic rings. The summed E-state index contributed by atoms with van der Waals surface area (Å²) in [6.45, 7) is 9.01. The van der Waals surface area contributed by atoms with Crippen molar-refractivity contribution in [1.82, 2.24) is 9.88 Å². The van der Waals surface area contributed by atoms with Gasteiger partial charge in [-0.3, -0.25) is 4.98 Å². The molecule has 2 aliphatic heterocycles. The Hall–Kier alpha value is -1.72. The van der Waals surface area contributed by atoms with E-state index in [4.69, 9.17) is 11.6 Å². The fourth-order valence-electron chi connectivity index (χ4n) is 4.48. The van der Waals surface area contributed by atoms with Crippen LogP contribution in [0, 0.1) is 0 Å². The van der Waals surface area contributed by atoms with Crippen molar-refractivity contribution in [2.75, 3.05) is 37.8 Å². The molecule has 1 N–H and O–H groups in total. The van der Waals surface area contributed by atoms with Gasteiger partial charge in [0.1, 0.15) is 0 Å². The molecule has 29 heavy (non-hydrogen) atoms. The molecule has 2 aliphatic rings. The summed E-state index contributed by atoms with van der Waals surface area (Å²) in [5.41, 5.74) is 3.66. The van der Waals surface area contributed by atoms with Crippen molar-refractivity contribution in [3.05, 3.63) is 47.3 Å². The second kappa shape index (κ2) is 8.57. The van der Waals surface area contributed by atoms with Crippen molar-refractivity contribution in [1.29, 1.82) is 0 Å². The molecule has 1 aromatic heterocycles. The molecule has 1 aromatic carbocycles. The Bertz CT molecular complexity index is 961. The van der Waals surface area contributed by atoms with Crippen molar-refractivity contribution < 1.29 is 4.58 Å². The Morgan fingerprint density at radius 3 is 2.79 bits per heavy atom. The first kappa shape index (κ1) is 20.5. The molecule has 1 fully saturated rings. The second-order valence-corrected chi connectivity index (χ2v) is 9.72. The quantitative estimate of drug-likeness (QED) is 0.659. The van der Waals surface area contributed by atoms with Crippen LogP contribution in [-0.2, 0) is 0 Å². The van der Waals surface area contributed by atoms with Gasteiger partial charge in [-0.05, 0) is 43.4 Å². The summed E-state index contributed by atoms with van der Waals surface area (Å²) in [5, 5.41) is 6.83. The number of thioether (sulfide) groups is 1. The SMILES string of the molecule is CSC1=[N+](CCNc2ccnc3cc(Cl)ccc23)C(C)(C)CC(N2CCCC2)=C1. The maximum absolute atomic E-state index is 6.12. The van der Waals surface area contributed by atoms with Gasteiger partial charge < -0.3 is 10.2 Å².